The number of carboxylic acid groups (broad SMARTS) is 1. The van der Waals surface area contributed by atoms with E-state index in [9.17, 15) is 14.7 Å². The van der Waals surface area contributed by atoms with Gasteiger partial charge in [-0.05, 0) is 46.5 Å². The normalized spacial score (nSPS) is 17.3. The van der Waals surface area contributed by atoms with Crippen molar-refractivity contribution in [3.05, 3.63) is 0 Å². The highest BCUT2D eigenvalue weighted by Gasteiger charge is 2.44. The van der Waals surface area contributed by atoms with Crippen molar-refractivity contribution in [2.45, 2.75) is 58.9 Å². The Morgan fingerprint density at radius 1 is 1.16 bits per heavy atom. The monoisotopic (exact) mass is 270 g/mol. The topological polar surface area (TPSA) is 78.4 Å². The molecule has 3 N–H and O–H groups in total. The van der Waals surface area contributed by atoms with Crippen molar-refractivity contribution in [2.24, 2.45) is 11.3 Å². The Labute approximate surface area is 115 Å². The van der Waals surface area contributed by atoms with Gasteiger partial charge in [0, 0.05) is 6.54 Å². The molecule has 1 aliphatic rings. The summed E-state index contributed by atoms with van der Waals surface area (Å²) in [5.74, 6) is -0.352. The van der Waals surface area contributed by atoms with Crippen LogP contribution < -0.4 is 10.6 Å². The number of aliphatic carboxylic acids is 1. The molecule has 0 aromatic carbocycles. The number of urea groups is 1. The van der Waals surface area contributed by atoms with Gasteiger partial charge in [-0.2, -0.15) is 0 Å². The van der Waals surface area contributed by atoms with Gasteiger partial charge in [0.25, 0.3) is 0 Å². The maximum Gasteiger partial charge on any atom is 0.315 e. The van der Waals surface area contributed by atoms with Gasteiger partial charge in [-0.1, -0.05) is 12.8 Å². The van der Waals surface area contributed by atoms with Gasteiger partial charge in [0.15, 0.2) is 0 Å². The zero-order chi connectivity index (χ0) is 14.7. The second-order valence-corrected chi connectivity index (χ2v) is 6.54. The Hall–Kier alpha value is -1.26. The third-order valence-electron chi connectivity index (χ3n) is 4.55. The number of carbonyl (C=O) groups is 2. The third kappa shape index (κ3) is 3.85. The zero-order valence-corrected chi connectivity index (χ0v) is 12.4. The van der Waals surface area contributed by atoms with Crippen molar-refractivity contribution >= 4 is 12.0 Å². The molecular formula is C14H26N2O3. The van der Waals surface area contributed by atoms with Crippen LogP contribution in [0.25, 0.3) is 0 Å². The van der Waals surface area contributed by atoms with Crippen LogP contribution in [0.3, 0.4) is 0 Å². The van der Waals surface area contributed by atoms with Gasteiger partial charge >= 0.3 is 12.0 Å². The van der Waals surface area contributed by atoms with Crippen LogP contribution in [0.5, 0.6) is 0 Å². The summed E-state index contributed by atoms with van der Waals surface area (Å²) in [5.41, 5.74) is -1.85. The first-order chi connectivity index (χ1) is 8.67. The molecule has 5 heteroatoms. The van der Waals surface area contributed by atoms with Crippen molar-refractivity contribution in [3.63, 3.8) is 0 Å². The van der Waals surface area contributed by atoms with E-state index >= 15 is 0 Å². The summed E-state index contributed by atoms with van der Waals surface area (Å²) in [6.45, 7) is 7.38. The molecule has 1 rings (SSSR count). The van der Waals surface area contributed by atoms with E-state index in [0.717, 1.165) is 0 Å². The van der Waals surface area contributed by atoms with Crippen molar-refractivity contribution in [3.8, 4) is 0 Å². The lowest BCUT2D eigenvalue weighted by atomic mass is 9.74. The average molecular weight is 270 g/mol. The van der Waals surface area contributed by atoms with Gasteiger partial charge in [-0.3, -0.25) is 4.79 Å². The number of hydrogen-bond acceptors (Lipinski definition) is 2. The molecule has 5 nitrogen and oxygen atoms in total. The Kier molecular flexibility index (Phi) is 4.82. The van der Waals surface area contributed by atoms with Crippen LogP contribution in [0.15, 0.2) is 0 Å². The van der Waals surface area contributed by atoms with E-state index in [2.05, 4.69) is 10.6 Å². The van der Waals surface area contributed by atoms with Crippen LogP contribution in [-0.2, 0) is 4.79 Å². The first-order valence-corrected chi connectivity index (χ1v) is 6.96. The molecule has 0 radical (unpaired) electrons. The molecule has 2 amide bonds. The molecule has 0 aromatic rings. The average Bonchev–Trinajstić information content (AvgIpc) is 2.78. The first-order valence-electron chi connectivity index (χ1n) is 6.96. The molecule has 0 unspecified atom stereocenters. The molecule has 0 heterocycles. The molecule has 0 aromatic heterocycles. The molecule has 0 saturated heterocycles. The number of rotatable bonds is 5. The Morgan fingerprint density at radius 3 is 2.16 bits per heavy atom. The summed E-state index contributed by atoms with van der Waals surface area (Å²) < 4.78 is 0. The van der Waals surface area contributed by atoms with Crippen LogP contribution in [-0.4, -0.2) is 29.2 Å². The van der Waals surface area contributed by atoms with E-state index in [1.807, 2.05) is 0 Å². The Morgan fingerprint density at radius 2 is 1.68 bits per heavy atom. The molecule has 0 atom stereocenters. The molecular weight excluding hydrogens is 244 g/mol. The second kappa shape index (κ2) is 5.80. The summed E-state index contributed by atoms with van der Waals surface area (Å²) in [4.78, 5) is 23.1. The molecule has 0 aliphatic heterocycles. The van der Waals surface area contributed by atoms with Gasteiger partial charge in [-0.25, -0.2) is 4.79 Å². The van der Waals surface area contributed by atoms with E-state index in [4.69, 9.17) is 0 Å². The molecule has 19 heavy (non-hydrogen) atoms. The van der Waals surface area contributed by atoms with E-state index in [0.29, 0.717) is 12.5 Å². The molecule has 1 aliphatic carbocycles. The summed E-state index contributed by atoms with van der Waals surface area (Å²) in [5, 5.41) is 14.8. The zero-order valence-electron chi connectivity index (χ0n) is 12.4. The SMILES string of the molecule is CC(C)(NC(=O)NCC1CCCC1)C(C)(C)C(=O)O. The van der Waals surface area contributed by atoms with E-state index < -0.39 is 16.9 Å². The predicted octanol–water partition coefficient (Wildman–Crippen LogP) is 2.37. The summed E-state index contributed by atoms with van der Waals surface area (Å²) in [7, 11) is 0. The van der Waals surface area contributed by atoms with Gasteiger partial charge in [-0.15, -0.1) is 0 Å². The molecule has 1 saturated carbocycles. The lowest BCUT2D eigenvalue weighted by Gasteiger charge is -2.38. The number of carbonyl (C=O) groups excluding carboxylic acids is 1. The highest BCUT2D eigenvalue weighted by molar-refractivity contribution is 5.79. The summed E-state index contributed by atoms with van der Waals surface area (Å²) in [6.07, 6.45) is 4.82. The summed E-state index contributed by atoms with van der Waals surface area (Å²) in [6, 6.07) is -0.286. The fraction of sp³-hybridized carbons (Fsp3) is 0.857. The standard InChI is InChI=1S/C14H26N2O3/c1-13(2,11(17)18)14(3,4)16-12(19)15-9-10-7-5-6-8-10/h10H,5-9H2,1-4H3,(H,17,18)(H2,15,16,19). The predicted molar refractivity (Wildman–Crippen MR) is 74.0 cm³/mol. The molecule has 1 fully saturated rings. The largest absolute Gasteiger partial charge is 0.481 e. The van der Waals surface area contributed by atoms with Gasteiger partial charge in [0.05, 0.1) is 11.0 Å². The van der Waals surface area contributed by atoms with E-state index in [1.54, 1.807) is 27.7 Å². The van der Waals surface area contributed by atoms with Gasteiger partial charge < -0.3 is 15.7 Å². The Bertz CT molecular complexity index is 345. The van der Waals surface area contributed by atoms with Crippen molar-refractivity contribution in [1.29, 1.82) is 0 Å². The molecule has 0 bridgehead atoms. The van der Waals surface area contributed by atoms with Crippen molar-refractivity contribution in [2.75, 3.05) is 6.54 Å². The van der Waals surface area contributed by atoms with Crippen LogP contribution in [0.1, 0.15) is 53.4 Å². The minimum absolute atomic E-state index is 0.286. The first kappa shape index (κ1) is 15.8. The maximum atomic E-state index is 11.9. The molecule has 110 valence electrons. The smallest absolute Gasteiger partial charge is 0.315 e. The van der Waals surface area contributed by atoms with Crippen LogP contribution in [0.2, 0.25) is 0 Å². The summed E-state index contributed by atoms with van der Waals surface area (Å²) >= 11 is 0. The van der Waals surface area contributed by atoms with E-state index in [-0.39, 0.29) is 6.03 Å². The fourth-order valence-corrected chi connectivity index (χ4v) is 2.20. The van der Waals surface area contributed by atoms with Gasteiger partial charge in [0.1, 0.15) is 0 Å². The lowest BCUT2D eigenvalue weighted by Crippen LogP contribution is -2.59. The maximum absolute atomic E-state index is 11.9. The molecule has 0 spiro atoms. The van der Waals surface area contributed by atoms with Crippen LogP contribution in [0, 0.1) is 11.3 Å². The Balaban J connectivity index is 2.47. The van der Waals surface area contributed by atoms with Crippen LogP contribution >= 0.6 is 0 Å². The van der Waals surface area contributed by atoms with Crippen molar-refractivity contribution in [1.82, 2.24) is 10.6 Å². The van der Waals surface area contributed by atoms with E-state index in [1.165, 1.54) is 25.7 Å². The lowest BCUT2D eigenvalue weighted by molar-refractivity contribution is -0.150. The van der Waals surface area contributed by atoms with Gasteiger partial charge in [0.2, 0.25) is 0 Å². The number of hydrogen-bond donors (Lipinski definition) is 3. The quantitative estimate of drug-likeness (QED) is 0.717. The fourth-order valence-electron chi connectivity index (χ4n) is 2.20. The highest BCUT2D eigenvalue weighted by atomic mass is 16.4. The van der Waals surface area contributed by atoms with Crippen LogP contribution in [0.4, 0.5) is 4.79 Å². The highest BCUT2D eigenvalue weighted by Crippen LogP contribution is 2.30. The third-order valence-corrected chi connectivity index (χ3v) is 4.55. The number of carboxylic acids is 1. The van der Waals surface area contributed by atoms with Crippen molar-refractivity contribution < 1.29 is 14.7 Å². The minimum Gasteiger partial charge on any atom is -0.481 e. The number of nitrogens with one attached hydrogen (secondary N) is 2. The minimum atomic E-state index is -1.03. The second-order valence-electron chi connectivity index (χ2n) is 6.54. The number of amides is 2.